The van der Waals surface area contributed by atoms with Crippen molar-refractivity contribution in [2.45, 2.75) is 13.3 Å². The highest BCUT2D eigenvalue weighted by molar-refractivity contribution is 6.29. The Morgan fingerprint density at radius 3 is 2.74 bits per heavy atom. The van der Waals surface area contributed by atoms with Crippen molar-refractivity contribution in [2.24, 2.45) is 0 Å². The summed E-state index contributed by atoms with van der Waals surface area (Å²) in [5.41, 5.74) is 1.39. The summed E-state index contributed by atoms with van der Waals surface area (Å²) < 4.78 is 0. The van der Waals surface area contributed by atoms with E-state index in [1.807, 2.05) is 37.1 Å². The summed E-state index contributed by atoms with van der Waals surface area (Å²) in [5.74, 6) is 1.36. The molecule has 0 aliphatic heterocycles. The number of aromatic nitrogens is 2. The topological polar surface area (TPSA) is 52.8 Å². The number of para-hydroxylation sites is 1. The highest BCUT2D eigenvalue weighted by atomic mass is 35.5. The lowest BCUT2D eigenvalue weighted by Gasteiger charge is -2.20. The summed E-state index contributed by atoms with van der Waals surface area (Å²) in [6, 6.07) is 11.2. The molecule has 2 aromatic rings. The summed E-state index contributed by atoms with van der Waals surface area (Å²) in [7, 11) is 1.86. The van der Waals surface area contributed by atoms with E-state index in [-0.39, 0.29) is 0 Å². The quantitative estimate of drug-likeness (QED) is 0.804. The van der Waals surface area contributed by atoms with Gasteiger partial charge in [0, 0.05) is 19.5 Å². The van der Waals surface area contributed by atoms with Gasteiger partial charge >= 0.3 is 0 Å². The lowest BCUT2D eigenvalue weighted by atomic mass is 10.2. The van der Waals surface area contributed by atoms with Gasteiger partial charge in [0.1, 0.15) is 22.9 Å². The molecule has 2 rings (SSSR count). The first-order valence-electron chi connectivity index (χ1n) is 5.92. The Morgan fingerprint density at radius 1 is 1.32 bits per heavy atom. The van der Waals surface area contributed by atoms with Crippen LogP contribution < -0.4 is 4.90 Å². The second kappa shape index (κ2) is 5.68. The smallest absolute Gasteiger partial charge is 0.138 e. The van der Waals surface area contributed by atoms with Gasteiger partial charge in [-0.05, 0) is 12.1 Å². The molecule has 1 aromatic carbocycles. The number of anilines is 2. The monoisotopic (exact) mass is 272 g/mol. The van der Waals surface area contributed by atoms with E-state index in [9.17, 15) is 0 Å². The van der Waals surface area contributed by atoms with Crippen LogP contribution in [0.2, 0.25) is 5.15 Å². The van der Waals surface area contributed by atoms with E-state index in [4.69, 9.17) is 16.9 Å². The molecule has 96 valence electrons. The number of benzene rings is 1. The van der Waals surface area contributed by atoms with Crippen LogP contribution in [0.15, 0.2) is 30.3 Å². The zero-order valence-corrected chi connectivity index (χ0v) is 11.5. The van der Waals surface area contributed by atoms with Crippen LogP contribution in [0.5, 0.6) is 0 Å². The fraction of sp³-hybridized carbons (Fsp3) is 0.214. The number of hydrogen-bond acceptors (Lipinski definition) is 4. The van der Waals surface area contributed by atoms with E-state index in [2.05, 4.69) is 16.0 Å². The van der Waals surface area contributed by atoms with Crippen molar-refractivity contribution in [3.8, 4) is 6.07 Å². The van der Waals surface area contributed by atoms with Crippen molar-refractivity contribution in [1.29, 1.82) is 5.26 Å². The Kier molecular flexibility index (Phi) is 3.98. The van der Waals surface area contributed by atoms with Gasteiger partial charge in [-0.3, -0.25) is 0 Å². The highest BCUT2D eigenvalue weighted by Gasteiger charge is 2.11. The molecule has 0 fully saturated rings. The normalized spacial score (nSPS) is 10.0. The molecular formula is C14H13ClN4. The largest absolute Gasteiger partial charge is 0.328 e. The van der Waals surface area contributed by atoms with Crippen LogP contribution in [0.3, 0.4) is 0 Å². The minimum absolute atomic E-state index is 0.406. The first-order valence-corrected chi connectivity index (χ1v) is 6.29. The van der Waals surface area contributed by atoms with Crippen LogP contribution in [-0.4, -0.2) is 17.0 Å². The van der Waals surface area contributed by atoms with Crippen LogP contribution in [0, 0.1) is 11.3 Å². The molecule has 0 amide bonds. The molecule has 0 unspecified atom stereocenters. The molecule has 4 nitrogen and oxygen atoms in total. The van der Waals surface area contributed by atoms with Crippen LogP contribution in [0.1, 0.15) is 18.3 Å². The molecule has 0 bridgehead atoms. The summed E-state index contributed by atoms with van der Waals surface area (Å²) in [4.78, 5) is 10.4. The summed E-state index contributed by atoms with van der Waals surface area (Å²) >= 11 is 5.99. The molecule has 0 aliphatic carbocycles. The van der Waals surface area contributed by atoms with Crippen molar-refractivity contribution >= 4 is 23.1 Å². The van der Waals surface area contributed by atoms with E-state index < -0.39 is 0 Å². The molecule has 0 aliphatic rings. The lowest BCUT2D eigenvalue weighted by Crippen LogP contribution is -2.14. The molecule has 0 saturated carbocycles. The van der Waals surface area contributed by atoms with E-state index in [1.165, 1.54) is 0 Å². The van der Waals surface area contributed by atoms with Crippen molar-refractivity contribution in [3.05, 3.63) is 46.9 Å². The number of nitrogens with zero attached hydrogens (tertiary/aromatic N) is 4. The van der Waals surface area contributed by atoms with Crippen molar-refractivity contribution in [3.63, 3.8) is 0 Å². The minimum atomic E-state index is 0.406. The molecule has 0 spiro atoms. The first kappa shape index (κ1) is 13.3. The molecule has 5 heteroatoms. The zero-order chi connectivity index (χ0) is 13.8. The average molecular weight is 273 g/mol. The van der Waals surface area contributed by atoms with E-state index in [0.717, 1.165) is 5.69 Å². The molecule has 0 N–H and O–H groups in total. The van der Waals surface area contributed by atoms with E-state index in [0.29, 0.717) is 28.8 Å². The van der Waals surface area contributed by atoms with Gasteiger partial charge in [-0.2, -0.15) is 5.26 Å². The Balaban J connectivity index is 2.47. The molecular weight excluding hydrogens is 260 g/mol. The zero-order valence-electron chi connectivity index (χ0n) is 10.8. The van der Waals surface area contributed by atoms with Crippen LogP contribution in [-0.2, 0) is 6.42 Å². The number of aryl methyl sites for hydroxylation is 1. The van der Waals surface area contributed by atoms with Crippen LogP contribution in [0.4, 0.5) is 11.5 Å². The Labute approximate surface area is 117 Å². The third kappa shape index (κ3) is 2.83. The molecule has 1 aromatic heterocycles. The van der Waals surface area contributed by atoms with Crippen molar-refractivity contribution in [2.75, 3.05) is 11.9 Å². The van der Waals surface area contributed by atoms with Gasteiger partial charge in [-0.25, -0.2) is 9.97 Å². The Morgan fingerprint density at radius 2 is 2.05 bits per heavy atom. The highest BCUT2D eigenvalue weighted by Crippen LogP contribution is 2.26. The second-order valence-electron chi connectivity index (χ2n) is 4.01. The van der Waals surface area contributed by atoms with Crippen molar-refractivity contribution in [1.82, 2.24) is 9.97 Å². The van der Waals surface area contributed by atoms with Crippen molar-refractivity contribution < 1.29 is 0 Å². The average Bonchev–Trinajstić information content (AvgIpc) is 2.45. The maximum absolute atomic E-state index is 9.13. The summed E-state index contributed by atoms with van der Waals surface area (Å²) in [5, 5.41) is 9.54. The van der Waals surface area contributed by atoms with Crippen LogP contribution >= 0.6 is 11.6 Å². The fourth-order valence-corrected chi connectivity index (χ4v) is 1.96. The molecule has 0 saturated heterocycles. The maximum Gasteiger partial charge on any atom is 0.138 e. The van der Waals surface area contributed by atoms with Gasteiger partial charge < -0.3 is 4.90 Å². The second-order valence-corrected chi connectivity index (χ2v) is 4.39. The number of halogens is 1. The number of rotatable bonds is 3. The van der Waals surface area contributed by atoms with Gasteiger partial charge in [-0.1, -0.05) is 30.7 Å². The maximum atomic E-state index is 9.13. The fourth-order valence-electron chi connectivity index (χ4n) is 1.77. The third-order valence-electron chi connectivity index (χ3n) is 2.77. The van der Waals surface area contributed by atoms with E-state index in [1.54, 1.807) is 12.1 Å². The Bertz CT molecular complexity index is 634. The molecule has 1 heterocycles. The predicted molar refractivity (Wildman–Crippen MR) is 75.6 cm³/mol. The third-order valence-corrected chi connectivity index (χ3v) is 2.97. The number of hydrogen-bond donors (Lipinski definition) is 0. The summed E-state index contributed by atoms with van der Waals surface area (Å²) in [6.45, 7) is 1.97. The van der Waals surface area contributed by atoms with Gasteiger partial charge in [-0.15, -0.1) is 0 Å². The van der Waals surface area contributed by atoms with E-state index >= 15 is 0 Å². The molecule has 0 atom stereocenters. The van der Waals surface area contributed by atoms with Crippen LogP contribution in [0.25, 0.3) is 0 Å². The molecule has 19 heavy (non-hydrogen) atoms. The van der Waals surface area contributed by atoms with Gasteiger partial charge in [0.25, 0.3) is 0 Å². The minimum Gasteiger partial charge on any atom is -0.328 e. The number of nitriles is 1. The summed E-state index contributed by atoms with van der Waals surface area (Å²) in [6.07, 6.45) is 0.710. The Hall–Kier alpha value is -2.12. The first-order chi connectivity index (χ1) is 9.15. The van der Waals surface area contributed by atoms with Gasteiger partial charge in [0.15, 0.2) is 0 Å². The SMILES string of the molecule is CCc1nc(Cl)cc(N(C)c2ccccc2C#N)n1. The predicted octanol–water partition coefficient (Wildman–Crippen LogP) is 3.33. The standard InChI is InChI=1S/C14H13ClN4/c1-3-13-17-12(15)8-14(18-13)19(2)11-7-5-4-6-10(11)9-16/h4-8H,3H2,1-2H3. The lowest BCUT2D eigenvalue weighted by molar-refractivity contribution is 0.926. The van der Waals surface area contributed by atoms with Gasteiger partial charge in [0.05, 0.1) is 11.3 Å². The molecule has 0 radical (unpaired) electrons. The van der Waals surface area contributed by atoms with Gasteiger partial charge in [0.2, 0.25) is 0 Å².